The third-order valence-corrected chi connectivity index (χ3v) is 4.65. The van der Waals surface area contributed by atoms with Crippen LogP contribution in [-0.2, 0) is 19.6 Å². The molecule has 0 aliphatic carbocycles. The zero-order valence-corrected chi connectivity index (χ0v) is 12.2. The van der Waals surface area contributed by atoms with Crippen LogP contribution < -0.4 is 10.2 Å². The summed E-state index contributed by atoms with van der Waals surface area (Å²) in [6.45, 7) is 9.00. The van der Waals surface area contributed by atoms with E-state index in [1.807, 2.05) is 6.20 Å². The highest BCUT2D eigenvalue weighted by atomic mass is 32.1. The topological polar surface area (TPSA) is 46.0 Å². The van der Waals surface area contributed by atoms with Gasteiger partial charge in [-0.2, -0.15) is 0 Å². The van der Waals surface area contributed by atoms with Crippen molar-refractivity contribution in [2.45, 2.75) is 33.5 Å². The monoisotopic (exact) mass is 277 g/mol. The van der Waals surface area contributed by atoms with Crippen LogP contribution in [-0.4, -0.2) is 27.6 Å². The zero-order chi connectivity index (χ0) is 13.2. The molecular weight excluding hydrogens is 258 g/mol. The lowest BCUT2D eigenvalue weighted by molar-refractivity contribution is 0.559. The number of aromatic nitrogens is 3. The molecule has 2 aromatic heterocycles. The maximum absolute atomic E-state index is 4.71. The van der Waals surface area contributed by atoms with Gasteiger partial charge in [-0.05, 0) is 13.5 Å². The number of nitrogens with one attached hydrogen (secondary N) is 1. The van der Waals surface area contributed by atoms with Crippen LogP contribution in [0.4, 0.5) is 5.13 Å². The molecule has 0 radical (unpaired) electrons. The Kier molecular flexibility index (Phi) is 3.52. The van der Waals surface area contributed by atoms with Crippen molar-refractivity contribution < 1.29 is 0 Å². The number of aryl methyl sites for hydroxylation is 1. The fourth-order valence-electron chi connectivity index (χ4n) is 2.29. The third-order valence-electron chi connectivity index (χ3n) is 3.43. The number of thiazole rings is 1. The molecule has 1 aliphatic heterocycles. The molecule has 0 saturated heterocycles. The summed E-state index contributed by atoms with van der Waals surface area (Å²) in [6.07, 6.45) is 3.93. The highest BCUT2D eigenvalue weighted by Gasteiger charge is 2.20. The molecule has 0 bridgehead atoms. The molecule has 0 aromatic carbocycles. The molecule has 0 fully saturated rings. The smallest absolute Gasteiger partial charge is 0.186 e. The lowest BCUT2D eigenvalue weighted by Gasteiger charge is -2.27. The largest absolute Gasteiger partial charge is 0.339 e. The SMILES string of the molecule is CCNCc1sc(N2CCn3ccnc3C2)nc1C. The predicted molar refractivity (Wildman–Crippen MR) is 77.5 cm³/mol. The van der Waals surface area contributed by atoms with Gasteiger partial charge in [0.15, 0.2) is 5.13 Å². The normalized spacial score (nSPS) is 14.7. The minimum absolute atomic E-state index is 0.862. The van der Waals surface area contributed by atoms with Crippen LogP contribution in [0, 0.1) is 6.92 Å². The van der Waals surface area contributed by atoms with Gasteiger partial charge in [0, 0.05) is 36.9 Å². The van der Waals surface area contributed by atoms with Crippen molar-refractivity contribution in [3.63, 3.8) is 0 Å². The van der Waals surface area contributed by atoms with Gasteiger partial charge in [-0.1, -0.05) is 6.92 Å². The van der Waals surface area contributed by atoms with E-state index in [1.54, 1.807) is 11.3 Å². The number of rotatable bonds is 4. The lowest BCUT2D eigenvalue weighted by atomic mass is 10.4. The van der Waals surface area contributed by atoms with Gasteiger partial charge in [-0.3, -0.25) is 0 Å². The molecule has 0 atom stereocenters. The molecule has 0 unspecified atom stereocenters. The number of imidazole rings is 1. The molecule has 2 aromatic rings. The summed E-state index contributed by atoms with van der Waals surface area (Å²) in [6, 6.07) is 0. The van der Waals surface area contributed by atoms with E-state index in [0.717, 1.165) is 49.4 Å². The van der Waals surface area contributed by atoms with Gasteiger partial charge in [0.05, 0.1) is 12.2 Å². The standard InChI is InChI=1S/C13H19N5S/c1-3-14-8-11-10(2)16-13(19-11)18-7-6-17-5-4-15-12(17)9-18/h4-5,14H,3,6-9H2,1-2H3. The minimum Gasteiger partial charge on any atom is -0.339 e. The number of hydrogen-bond acceptors (Lipinski definition) is 5. The third kappa shape index (κ3) is 2.50. The maximum atomic E-state index is 4.71. The fourth-order valence-corrected chi connectivity index (χ4v) is 3.34. The summed E-state index contributed by atoms with van der Waals surface area (Å²) in [5.41, 5.74) is 1.15. The summed E-state index contributed by atoms with van der Waals surface area (Å²) >= 11 is 1.80. The van der Waals surface area contributed by atoms with Crippen molar-refractivity contribution in [3.05, 3.63) is 28.8 Å². The van der Waals surface area contributed by atoms with E-state index in [4.69, 9.17) is 4.98 Å². The van der Waals surface area contributed by atoms with Crippen LogP contribution >= 0.6 is 11.3 Å². The average molecular weight is 277 g/mol. The first-order chi connectivity index (χ1) is 9.28. The summed E-state index contributed by atoms with van der Waals surface area (Å²) in [5, 5.41) is 4.49. The second-order valence-electron chi connectivity index (χ2n) is 4.74. The molecule has 3 rings (SSSR count). The molecule has 0 saturated carbocycles. The molecule has 3 heterocycles. The Labute approximate surface area is 117 Å². The Morgan fingerprint density at radius 1 is 1.42 bits per heavy atom. The Morgan fingerprint density at radius 3 is 3.16 bits per heavy atom. The van der Waals surface area contributed by atoms with Gasteiger partial charge in [0.2, 0.25) is 0 Å². The van der Waals surface area contributed by atoms with Gasteiger partial charge in [0.25, 0.3) is 0 Å². The van der Waals surface area contributed by atoms with Crippen molar-refractivity contribution >= 4 is 16.5 Å². The van der Waals surface area contributed by atoms with Crippen LogP contribution in [0.2, 0.25) is 0 Å². The lowest BCUT2D eigenvalue weighted by Crippen LogP contribution is -2.33. The Morgan fingerprint density at radius 2 is 2.32 bits per heavy atom. The van der Waals surface area contributed by atoms with Crippen LogP contribution in [0.3, 0.4) is 0 Å². The van der Waals surface area contributed by atoms with Crippen molar-refractivity contribution in [2.75, 3.05) is 18.0 Å². The first-order valence-corrected chi connectivity index (χ1v) is 7.51. The quantitative estimate of drug-likeness (QED) is 0.925. The second-order valence-corrected chi connectivity index (χ2v) is 5.81. The number of fused-ring (bicyclic) bond motifs is 1. The summed E-state index contributed by atoms with van der Waals surface area (Å²) in [5.74, 6) is 1.13. The Bertz CT molecular complexity index is 559. The highest BCUT2D eigenvalue weighted by molar-refractivity contribution is 7.15. The van der Waals surface area contributed by atoms with E-state index in [0.29, 0.717) is 0 Å². The molecule has 6 heteroatoms. The van der Waals surface area contributed by atoms with E-state index >= 15 is 0 Å². The van der Waals surface area contributed by atoms with Crippen LogP contribution in [0.15, 0.2) is 12.4 Å². The van der Waals surface area contributed by atoms with Crippen molar-refractivity contribution in [1.82, 2.24) is 19.9 Å². The van der Waals surface area contributed by atoms with Crippen molar-refractivity contribution in [2.24, 2.45) is 0 Å². The maximum Gasteiger partial charge on any atom is 0.186 e. The van der Waals surface area contributed by atoms with E-state index in [1.165, 1.54) is 4.88 Å². The van der Waals surface area contributed by atoms with Crippen LogP contribution in [0.1, 0.15) is 23.3 Å². The number of nitrogens with zero attached hydrogens (tertiary/aromatic N) is 4. The average Bonchev–Trinajstić information content (AvgIpc) is 3.02. The molecule has 102 valence electrons. The van der Waals surface area contributed by atoms with E-state index in [2.05, 4.69) is 39.8 Å². The summed E-state index contributed by atoms with van der Waals surface area (Å²) < 4.78 is 2.22. The minimum atomic E-state index is 0.862. The molecule has 0 spiro atoms. The summed E-state index contributed by atoms with van der Waals surface area (Å²) in [4.78, 5) is 12.8. The predicted octanol–water partition coefficient (Wildman–Crippen LogP) is 1.78. The van der Waals surface area contributed by atoms with Gasteiger partial charge >= 0.3 is 0 Å². The van der Waals surface area contributed by atoms with Gasteiger partial charge < -0.3 is 14.8 Å². The second kappa shape index (κ2) is 5.30. The Balaban J connectivity index is 1.76. The molecular formula is C13H19N5S. The molecule has 0 amide bonds. The van der Waals surface area contributed by atoms with Crippen LogP contribution in [0.25, 0.3) is 0 Å². The molecule has 5 nitrogen and oxygen atoms in total. The van der Waals surface area contributed by atoms with Crippen molar-refractivity contribution in [3.8, 4) is 0 Å². The van der Waals surface area contributed by atoms with E-state index in [-0.39, 0.29) is 0 Å². The fraction of sp³-hybridized carbons (Fsp3) is 0.538. The van der Waals surface area contributed by atoms with Gasteiger partial charge in [0.1, 0.15) is 5.82 Å². The number of anilines is 1. The summed E-state index contributed by atoms with van der Waals surface area (Å²) in [7, 11) is 0. The van der Waals surface area contributed by atoms with Gasteiger partial charge in [-0.25, -0.2) is 9.97 Å². The molecule has 1 N–H and O–H groups in total. The van der Waals surface area contributed by atoms with Gasteiger partial charge in [-0.15, -0.1) is 11.3 Å². The zero-order valence-electron chi connectivity index (χ0n) is 11.4. The first kappa shape index (κ1) is 12.6. The van der Waals surface area contributed by atoms with E-state index < -0.39 is 0 Å². The molecule has 19 heavy (non-hydrogen) atoms. The first-order valence-electron chi connectivity index (χ1n) is 6.70. The van der Waals surface area contributed by atoms with Crippen molar-refractivity contribution in [1.29, 1.82) is 0 Å². The molecule has 1 aliphatic rings. The number of hydrogen-bond donors (Lipinski definition) is 1. The van der Waals surface area contributed by atoms with Crippen LogP contribution in [0.5, 0.6) is 0 Å². The highest BCUT2D eigenvalue weighted by Crippen LogP contribution is 2.28. The van der Waals surface area contributed by atoms with E-state index in [9.17, 15) is 0 Å². The Hall–Kier alpha value is -1.40.